The van der Waals surface area contributed by atoms with E-state index in [1.807, 2.05) is 44.3 Å². The average molecular weight is 297 g/mol. The van der Waals surface area contributed by atoms with Gasteiger partial charge in [-0.15, -0.1) is 0 Å². The number of nitrogens with one attached hydrogen (secondary N) is 1. The minimum absolute atomic E-state index is 0.0211. The Kier molecular flexibility index (Phi) is 5.55. The zero-order valence-corrected chi connectivity index (χ0v) is 13.2. The molecule has 0 aromatic heterocycles. The number of anilines is 2. The van der Waals surface area contributed by atoms with Crippen molar-refractivity contribution in [3.05, 3.63) is 59.7 Å². The van der Waals surface area contributed by atoms with Gasteiger partial charge < -0.3 is 16.0 Å². The third kappa shape index (κ3) is 4.90. The average Bonchev–Trinajstić information content (AvgIpc) is 2.49. The van der Waals surface area contributed by atoms with Crippen LogP contribution in [0.2, 0.25) is 0 Å². The predicted octanol–water partition coefficient (Wildman–Crippen LogP) is 3.04. The molecule has 2 aromatic rings. The van der Waals surface area contributed by atoms with Crippen LogP contribution in [0.5, 0.6) is 0 Å². The summed E-state index contributed by atoms with van der Waals surface area (Å²) in [5, 5.41) is 2.94. The van der Waals surface area contributed by atoms with E-state index in [-0.39, 0.29) is 5.91 Å². The Bertz CT molecular complexity index is 625. The summed E-state index contributed by atoms with van der Waals surface area (Å²) in [5.74, 6) is 0.0211. The van der Waals surface area contributed by atoms with E-state index in [0.717, 1.165) is 24.3 Å². The lowest BCUT2D eigenvalue weighted by atomic mass is 10.1. The first-order valence-corrected chi connectivity index (χ1v) is 7.43. The molecule has 0 fully saturated rings. The molecular formula is C18H23N3O. The first-order chi connectivity index (χ1) is 10.5. The third-order valence-electron chi connectivity index (χ3n) is 3.54. The van der Waals surface area contributed by atoms with Crippen LogP contribution in [0.1, 0.15) is 17.5 Å². The van der Waals surface area contributed by atoms with Crippen LogP contribution in [0.4, 0.5) is 11.4 Å². The van der Waals surface area contributed by atoms with Gasteiger partial charge in [-0.1, -0.05) is 30.3 Å². The van der Waals surface area contributed by atoms with Crippen LogP contribution in [-0.4, -0.2) is 24.4 Å². The molecule has 0 atom stereocenters. The summed E-state index contributed by atoms with van der Waals surface area (Å²) in [7, 11) is 2.02. The molecule has 0 bridgehead atoms. The van der Waals surface area contributed by atoms with Crippen molar-refractivity contribution in [2.24, 2.45) is 0 Å². The van der Waals surface area contributed by atoms with Gasteiger partial charge in [-0.25, -0.2) is 0 Å². The Morgan fingerprint density at radius 2 is 1.91 bits per heavy atom. The van der Waals surface area contributed by atoms with E-state index in [0.29, 0.717) is 12.1 Å². The molecule has 0 saturated heterocycles. The maximum Gasteiger partial charge on any atom is 0.225 e. The Hall–Kier alpha value is -2.33. The molecule has 2 rings (SSSR count). The molecule has 0 spiro atoms. The Morgan fingerprint density at radius 3 is 2.59 bits per heavy atom. The number of carbonyl (C=O) groups is 1. The fraction of sp³-hybridized carbons (Fsp3) is 0.278. The van der Waals surface area contributed by atoms with E-state index >= 15 is 0 Å². The van der Waals surface area contributed by atoms with Gasteiger partial charge in [-0.05, 0) is 43.3 Å². The van der Waals surface area contributed by atoms with Crippen molar-refractivity contribution in [3.8, 4) is 0 Å². The number of aryl methyl sites for hydroxylation is 1. The van der Waals surface area contributed by atoms with E-state index < -0.39 is 0 Å². The van der Waals surface area contributed by atoms with Gasteiger partial charge in [0.2, 0.25) is 5.91 Å². The zero-order valence-electron chi connectivity index (χ0n) is 13.2. The van der Waals surface area contributed by atoms with Crippen LogP contribution < -0.4 is 11.1 Å². The lowest BCUT2D eigenvalue weighted by Crippen LogP contribution is -2.24. The van der Waals surface area contributed by atoms with Crippen molar-refractivity contribution < 1.29 is 4.79 Å². The minimum atomic E-state index is 0.0211. The molecule has 0 radical (unpaired) electrons. The quantitative estimate of drug-likeness (QED) is 0.806. The normalized spacial score (nSPS) is 10.7. The van der Waals surface area contributed by atoms with Crippen molar-refractivity contribution in [1.29, 1.82) is 0 Å². The van der Waals surface area contributed by atoms with E-state index in [1.165, 1.54) is 5.56 Å². The van der Waals surface area contributed by atoms with Gasteiger partial charge in [0.25, 0.3) is 0 Å². The second-order valence-electron chi connectivity index (χ2n) is 5.60. The van der Waals surface area contributed by atoms with Crippen LogP contribution in [0, 0.1) is 6.92 Å². The molecule has 0 unspecified atom stereocenters. The highest BCUT2D eigenvalue weighted by atomic mass is 16.1. The highest BCUT2D eigenvalue weighted by Gasteiger charge is 2.07. The molecule has 0 aliphatic rings. The van der Waals surface area contributed by atoms with Crippen LogP contribution in [0.15, 0.2) is 48.5 Å². The number of nitrogens with zero attached hydrogens (tertiary/aromatic N) is 1. The number of hydrogen-bond acceptors (Lipinski definition) is 3. The summed E-state index contributed by atoms with van der Waals surface area (Å²) in [6.07, 6.45) is 0.465. The van der Waals surface area contributed by atoms with Crippen molar-refractivity contribution in [1.82, 2.24) is 4.90 Å². The smallest absolute Gasteiger partial charge is 0.225 e. The fourth-order valence-corrected chi connectivity index (χ4v) is 2.31. The van der Waals surface area contributed by atoms with Gasteiger partial charge >= 0.3 is 0 Å². The number of carbonyl (C=O) groups excluding carboxylic acids is 1. The monoisotopic (exact) mass is 297 g/mol. The molecule has 0 aliphatic heterocycles. The van der Waals surface area contributed by atoms with Crippen LogP contribution in [-0.2, 0) is 11.3 Å². The van der Waals surface area contributed by atoms with Gasteiger partial charge in [0.05, 0.1) is 0 Å². The third-order valence-corrected chi connectivity index (χ3v) is 3.54. The maximum atomic E-state index is 12.0. The molecule has 4 nitrogen and oxygen atoms in total. The maximum absolute atomic E-state index is 12.0. The first-order valence-electron chi connectivity index (χ1n) is 7.43. The van der Waals surface area contributed by atoms with Gasteiger partial charge in [0, 0.05) is 30.9 Å². The van der Waals surface area contributed by atoms with Crippen molar-refractivity contribution in [3.63, 3.8) is 0 Å². The summed E-state index contributed by atoms with van der Waals surface area (Å²) in [5.41, 5.74) is 9.47. The van der Waals surface area contributed by atoms with Crippen LogP contribution >= 0.6 is 0 Å². The molecule has 1 amide bonds. The number of amides is 1. The Morgan fingerprint density at radius 1 is 1.18 bits per heavy atom. The summed E-state index contributed by atoms with van der Waals surface area (Å²) < 4.78 is 0. The largest absolute Gasteiger partial charge is 0.399 e. The van der Waals surface area contributed by atoms with Gasteiger partial charge in [-0.3, -0.25) is 4.79 Å². The van der Waals surface area contributed by atoms with E-state index in [2.05, 4.69) is 22.3 Å². The molecule has 4 heteroatoms. The SMILES string of the molecule is Cc1cc(N)ccc1NC(=O)CCN(C)Cc1ccccc1. The van der Waals surface area contributed by atoms with E-state index in [4.69, 9.17) is 5.73 Å². The summed E-state index contributed by atoms with van der Waals surface area (Å²) in [4.78, 5) is 14.2. The number of nitrogens with two attached hydrogens (primary N) is 1. The van der Waals surface area contributed by atoms with E-state index in [9.17, 15) is 4.79 Å². The Balaban J connectivity index is 1.80. The summed E-state index contributed by atoms with van der Waals surface area (Å²) >= 11 is 0. The van der Waals surface area contributed by atoms with Crippen molar-refractivity contribution in [2.75, 3.05) is 24.6 Å². The van der Waals surface area contributed by atoms with Crippen LogP contribution in [0.25, 0.3) is 0 Å². The number of rotatable bonds is 6. The fourth-order valence-electron chi connectivity index (χ4n) is 2.31. The molecule has 0 saturated carbocycles. The molecule has 3 N–H and O–H groups in total. The lowest BCUT2D eigenvalue weighted by Gasteiger charge is -2.16. The van der Waals surface area contributed by atoms with Gasteiger partial charge in [0.1, 0.15) is 0 Å². The topological polar surface area (TPSA) is 58.4 Å². The molecule has 0 heterocycles. The van der Waals surface area contributed by atoms with E-state index in [1.54, 1.807) is 6.07 Å². The second kappa shape index (κ2) is 7.61. The zero-order chi connectivity index (χ0) is 15.9. The molecular weight excluding hydrogens is 274 g/mol. The van der Waals surface area contributed by atoms with Crippen molar-refractivity contribution in [2.45, 2.75) is 19.9 Å². The molecule has 22 heavy (non-hydrogen) atoms. The molecule has 116 valence electrons. The van der Waals surface area contributed by atoms with Gasteiger partial charge in [-0.2, -0.15) is 0 Å². The predicted molar refractivity (Wildman–Crippen MR) is 91.6 cm³/mol. The van der Waals surface area contributed by atoms with Crippen molar-refractivity contribution >= 4 is 17.3 Å². The number of hydrogen-bond donors (Lipinski definition) is 2. The lowest BCUT2D eigenvalue weighted by molar-refractivity contribution is -0.116. The molecule has 2 aromatic carbocycles. The number of nitrogen functional groups attached to an aromatic ring is 1. The molecule has 0 aliphatic carbocycles. The highest BCUT2D eigenvalue weighted by Crippen LogP contribution is 2.17. The standard InChI is InChI=1S/C18H23N3O/c1-14-12-16(19)8-9-17(14)20-18(22)10-11-21(2)13-15-6-4-3-5-7-15/h3-9,12H,10-11,13,19H2,1-2H3,(H,20,22). The first kappa shape index (κ1) is 16.0. The second-order valence-corrected chi connectivity index (χ2v) is 5.60. The van der Waals surface area contributed by atoms with Gasteiger partial charge in [0.15, 0.2) is 0 Å². The Labute approximate surface area is 131 Å². The summed E-state index contributed by atoms with van der Waals surface area (Å²) in [6.45, 7) is 3.50. The highest BCUT2D eigenvalue weighted by molar-refractivity contribution is 5.91. The minimum Gasteiger partial charge on any atom is -0.399 e. The van der Waals surface area contributed by atoms with Crippen LogP contribution in [0.3, 0.4) is 0 Å². The summed E-state index contributed by atoms with van der Waals surface area (Å²) in [6, 6.07) is 15.7. The number of benzene rings is 2.